The molecule has 0 aromatic heterocycles. The number of rotatable bonds is 4. The second kappa shape index (κ2) is 7.35. The maximum absolute atomic E-state index is 12.4. The quantitative estimate of drug-likeness (QED) is 0.559. The summed E-state index contributed by atoms with van der Waals surface area (Å²) in [6.45, 7) is 4.66. The van der Waals surface area contributed by atoms with Crippen LogP contribution in [0.5, 0.6) is 0 Å². The van der Waals surface area contributed by atoms with Crippen LogP contribution in [0.15, 0.2) is 40.9 Å². The van der Waals surface area contributed by atoms with Gasteiger partial charge >= 0.3 is 6.09 Å². The average Bonchev–Trinajstić information content (AvgIpc) is 2.85. The van der Waals surface area contributed by atoms with Crippen LogP contribution >= 0.6 is 15.9 Å². The number of imide groups is 1. The van der Waals surface area contributed by atoms with E-state index in [9.17, 15) is 19.7 Å². The van der Waals surface area contributed by atoms with E-state index < -0.39 is 41.0 Å². The second-order valence-electron chi connectivity index (χ2n) is 6.71. The third kappa shape index (κ3) is 4.88. The van der Waals surface area contributed by atoms with Crippen molar-refractivity contribution in [3.8, 4) is 0 Å². The largest absolute Gasteiger partial charge is 0.443 e. The number of carbonyl (C=O) groups excluding carboxylic acids is 2. The molecule has 0 fully saturated rings. The Kier molecular flexibility index (Phi) is 5.62. The van der Waals surface area contributed by atoms with Crippen LogP contribution in [-0.2, 0) is 9.53 Å². The zero-order chi connectivity index (χ0) is 18.8. The Labute approximate surface area is 153 Å². The van der Waals surface area contributed by atoms with Gasteiger partial charge in [-0.25, -0.2) is 9.69 Å². The van der Waals surface area contributed by atoms with E-state index in [4.69, 9.17) is 4.74 Å². The molecule has 0 saturated carbocycles. The zero-order valence-corrected chi connectivity index (χ0v) is 15.7. The molecule has 7 nitrogen and oxygen atoms in total. The topological polar surface area (TPSA) is 89.8 Å². The van der Waals surface area contributed by atoms with Crippen molar-refractivity contribution in [2.24, 2.45) is 0 Å². The maximum Gasteiger partial charge on any atom is 0.417 e. The molecule has 0 aliphatic carbocycles. The number of nitrogens with zero attached hydrogens (tertiary/aromatic N) is 2. The molecule has 1 heterocycles. The number of nitro groups is 1. The molecule has 0 unspecified atom stereocenters. The highest BCUT2D eigenvalue weighted by Crippen LogP contribution is 2.30. The van der Waals surface area contributed by atoms with Crippen LogP contribution in [0, 0.1) is 10.1 Å². The number of ether oxygens (including phenoxy) is 1. The molecule has 1 aliphatic rings. The molecule has 134 valence electrons. The SMILES string of the molecule is CC(C)(C)OC(=O)N1C(=O)C=C[C@@H]1[C@@H](C[N+](=O)[O-])c1ccc(Br)cc1. The first kappa shape index (κ1) is 19.1. The molecule has 1 aromatic rings. The summed E-state index contributed by atoms with van der Waals surface area (Å²) in [7, 11) is 0. The molecule has 25 heavy (non-hydrogen) atoms. The monoisotopic (exact) mass is 410 g/mol. The molecule has 2 amide bonds. The van der Waals surface area contributed by atoms with Crippen LogP contribution in [0.1, 0.15) is 32.3 Å². The molecule has 0 N–H and O–H groups in total. The summed E-state index contributed by atoms with van der Waals surface area (Å²) in [5.41, 5.74) is -0.112. The van der Waals surface area contributed by atoms with Gasteiger partial charge in [-0.1, -0.05) is 34.1 Å². The molecule has 2 atom stereocenters. The van der Waals surface area contributed by atoms with Crippen molar-refractivity contribution in [2.75, 3.05) is 6.54 Å². The van der Waals surface area contributed by atoms with E-state index in [0.29, 0.717) is 5.56 Å². The molecule has 0 saturated heterocycles. The number of halogens is 1. The Morgan fingerprint density at radius 1 is 1.36 bits per heavy atom. The Hall–Kier alpha value is -2.22. The lowest BCUT2D eigenvalue weighted by atomic mass is 9.91. The number of hydrogen-bond donors (Lipinski definition) is 0. The standard InChI is InChI=1S/C17H19BrN2O5/c1-17(2,3)25-16(22)20-14(8-9-15(20)21)13(10-19(23)24)11-4-6-12(18)7-5-11/h4-9,13-14H,10H2,1-3H3/t13-,14+/m0/s1. The summed E-state index contributed by atoms with van der Waals surface area (Å²) in [4.78, 5) is 36.2. The zero-order valence-electron chi connectivity index (χ0n) is 14.1. The van der Waals surface area contributed by atoms with Gasteiger partial charge in [0.15, 0.2) is 0 Å². The van der Waals surface area contributed by atoms with E-state index in [1.165, 1.54) is 12.2 Å². The van der Waals surface area contributed by atoms with E-state index in [1.807, 2.05) is 0 Å². The average molecular weight is 411 g/mol. The fraction of sp³-hybridized carbons (Fsp3) is 0.412. The number of hydrogen-bond acceptors (Lipinski definition) is 5. The molecule has 8 heteroatoms. The molecule has 2 rings (SSSR count). The van der Waals surface area contributed by atoms with Crippen LogP contribution in [0.2, 0.25) is 0 Å². The van der Waals surface area contributed by atoms with Gasteiger partial charge in [0.2, 0.25) is 6.54 Å². The Balaban J connectivity index is 2.35. The van der Waals surface area contributed by atoms with Crippen molar-refractivity contribution in [3.05, 3.63) is 56.6 Å². The predicted molar refractivity (Wildman–Crippen MR) is 94.8 cm³/mol. The van der Waals surface area contributed by atoms with Crippen molar-refractivity contribution in [3.63, 3.8) is 0 Å². The fourth-order valence-corrected chi connectivity index (χ4v) is 2.88. The van der Waals surface area contributed by atoms with Crippen LogP contribution < -0.4 is 0 Å². The lowest BCUT2D eigenvalue weighted by Crippen LogP contribution is -2.46. The highest BCUT2D eigenvalue weighted by molar-refractivity contribution is 9.10. The van der Waals surface area contributed by atoms with Crippen molar-refractivity contribution in [1.29, 1.82) is 0 Å². The summed E-state index contributed by atoms with van der Waals surface area (Å²) in [6, 6.07) is 6.24. The molecular weight excluding hydrogens is 392 g/mol. The molecular formula is C17H19BrN2O5. The molecule has 0 bridgehead atoms. The first-order valence-corrected chi connectivity index (χ1v) is 8.49. The predicted octanol–water partition coefficient (Wildman–Crippen LogP) is 3.51. The number of amides is 2. The van der Waals surface area contributed by atoms with Gasteiger partial charge in [-0.15, -0.1) is 0 Å². The Morgan fingerprint density at radius 3 is 2.48 bits per heavy atom. The Bertz CT molecular complexity index is 709. The van der Waals surface area contributed by atoms with Crippen molar-refractivity contribution < 1.29 is 19.2 Å². The summed E-state index contributed by atoms with van der Waals surface area (Å²) in [6.07, 6.45) is 1.96. The highest BCUT2D eigenvalue weighted by atomic mass is 79.9. The lowest BCUT2D eigenvalue weighted by molar-refractivity contribution is -0.484. The third-order valence-electron chi connectivity index (χ3n) is 3.62. The third-order valence-corrected chi connectivity index (χ3v) is 4.15. The van der Waals surface area contributed by atoms with Gasteiger partial charge in [0.1, 0.15) is 5.60 Å². The normalized spacial score (nSPS) is 18.3. The second-order valence-corrected chi connectivity index (χ2v) is 7.63. The van der Waals surface area contributed by atoms with Gasteiger partial charge in [-0.05, 0) is 38.5 Å². The van der Waals surface area contributed by atoms with E-state index in [-0.39, 0.29) is 0 Å². The van der Waals surface area contributed by atoms with Crippen LogP contribution in [0.3, 0.4) is 0 Å². The van der Waals surface area contributed by atoms with Gasteiger partial charge in [-0.3, -0.25) is 14.9 Å². The van der Waals surface area contributed by atoms with E-state index in [1.54, 1.807) is 45.0 Å². The Morgan fingerprint density at radius 2 is 1.96 bits per heavy atom. The van der Waals surface area contributed by atoms with Crippen LogP contribution in [0.25, 0.3) is 0 Å². The lowest BCUT2D eigenvalue weighted by Gasteiger charge is -2.30. The first-order chi connectivity index (χ1) is 11.6. The minimum absolute atomic E-state index is 0.413. The maximum atomic E-state index is 12.4. The van der Waals surface area contributed by atoms with Gasteiger partial charge in [0.25, 0.3) is 5.91 Å². The van der Waals surface area contributed by atoms with E-state index in [0.717, 1.165) is 9.37 Å². The molecule has 1 aliphatic heterocycles. The number of carbonyl (C=O) groups is 2. The highest BCUT2D eigenvalue weighted by Gasteiger charge is 2.41. The van der Waals surface area contributed by atoms with Gasteiger partial charge in [0, 0.05) is 15.5 Å². The van der Waals surface area contributed by atoms with Crippen LogP contribution in [-0.4, -0.2) is 40.0 Å². The minimum Gasteiger partial charge on any atom is -0.443 e. The van der Waals surface area contributed by atoms with Crippen molar-refractivity contribution in [1.82, 2.24) is 4.90 Å². The summed E-state index contributed by atoms with van der Waals surface area (Å²) in [5, 5.41) is 11.1. The van der Waals surface area contributed by atoms with Gasteiger partial charge < -0.3 is 4.74 Å². The molecule has 0 radical (unpaired) electrons. The molecule has 1 aromatic carbocycles. The summed E-state index contributed by atoms with van der Waals surface area (Å²) in [5.74, 6) is -1.21. The fourth-order valence-electron chi connectivity index (χ4n) is 2.61. The van der Waals surface area contributed by atoms with Crippen molar-refractivity contribution >= 4 is 27.9 Å². The van der Waals surface area contributed by atoms with Gasteiger partial charge in [0.05, 0.1) is 12.0 Å². The van der Waals surface area contributed by atoms with Crippen LogP contribution in [0.4, 0.5) is 4.79 Å². The van der Waals surface area contributed by atoms with Gasteiger partial charge in [-0.2, -0.15) is 0 Å². The van der Waals surface area contributed by atoms with Crippen molar-refractivity contribution in [2.45, 2.75) is 38.3 Å². The molecule has 0 spiro atoms. The first-order valence-electron chi connectivity index (χ1n) is 7.70. The smallest absolute Gasteiger partial charge is 0.417 e. The minimum atomic E-state index is -0.807. The summed E-state index contributed by atoms with van der Waals surface area (Å²) < 4.78 is 6.11. The van der Waals surface area contributed by atoms with E-state index in [2.05, 4.69) is 15.9 Å². The summed E-state index contributed by atoms with van der Waals surface area (Å²) >= 11 is 3.32. The number of benzene rings is 1. The van der Waals surface area contributed by atoms with E-state index >= 15 is 0 Å².